The lowest BCUT2D eigenvalue weighted by Crippen LogP contribution is -2.32. The predicted molar refractivity (Wildman–Crippen MR) is 50.1 cm³/mol. The molecule has 0 atom stereocenters. The maximum absolute atomic E-state index is 4.51. The second-order valence-corrected chi connectivity index (χ2v) is 3.43. The molecule has 0 unspecified atom stereocenters. The maximum atomic E-state index is 4.51. The van der Waals surface area contributed by atoms with E-state index in [0.29, 0.717) is 0 Å². The largest absolute Gasteiger partial charge is 0.293 e. The summed E-state index contributed by atoms with van der Waals surface area (Å²) in [6, 6.07) is 0. The fraction of sp³-hybridized carbons (Fsp3) is 0.333. The van der Waals surface area contributed by atoms with E-state index in [-0.39, 0.29) is 5.54 Å². The van der Waals surface area contributed by atoms with Gasteiger partial charge in [0.25, 0.3) is 0 Å². The molecule has 0 spiro atoms. The Morgan fingerprint density at radius 3 is 3.08 bits per heavy atom. The molecular weight excluding hydrogens is 150 g/mol. The lowest BCUT2D eigenvalue weighted by Gasteiger charge is -2.27. The highest BCUT2D eigenvalue weighted by Gasteiger charge is 2.20. The number of aliphatic imine (C=N–C) groups is 2. The first-order valence-electron chi connectivity index (χ1n) is 3.95. The van der Waals surface area contributed by atoms with E-state index in [9.17, 15) is 0 Å². The molecule has 2 aliphatic heterocycles. The number of fused-ring (bicyclic) bond motifs is 1. The van der Waals surface area contributed by atoms with Gasteiger partial charge in [0.05, 0.1) is 5.54 Å². The second kappa shape index (κ2) is 2.30. The zero-order valence-electron chi connectivity index (χ0n) is 7.23. The van der Waals surface area contributed by atoms with Gasteiger partial charge in [-0.1, -0.05) is 0 Å². The Hall–Kier alpha value is -1.38. The standard InChI is InChI=1S/C9H11N3/c1-9(2)4-6-12-7-10-5-3-8(12)11-9/h3-7H,1-2H3. The summed E-state index contributed by atoms with van der Waals surface area (Å²) in [5, 5.41) is 0. The van der Waals surface area contributed by atoms with Gasteiger partial charge in [-0.15, -0.1) is 0 Å². The van der Waals surface area contributed by atoms with Crippen LogP contribution in [0.25, 0.3) is 0 Å². The lowest BCUT2D eigenvalue weighted by molar-refractivity contribution is 0.611. The van der Waals surface area contributed by atoms with Crippen molar-refractivity contribution in [3.63, 3.8) is 0 Å². The van der Waals surface area contributed by atoms with Gasteiger partial charge in [0.15, 0.2) is 0 Å². The Labute approximate surface area is 71.8 Å². The molecule has 2 aliphatic rings. The predicted octanol–water partition coefficient (Wildman–Crippen LogP) is 1.55. The smallest absolute Gasteiger partial charge is 0.135 e. The van der Waals surface area contributed by atoms with Crippen molar-refractivity contribution in [1.82, 2.24) is 4.90 Å². The van der Waals surface area contributed by atoms with Gasteiger partial charge in [0, 0.05) is 12.4 Å². The molecule has 0 N–H and O–H groups in total. The minimum absolute atomic E-state index is 0.0820. The van der Waals surface area contributed by atoms with E-state index in [4.69, 9.17) is 0 Å². The number of nitrogens with zero attached hydrogens (tertiary/aromatic N) is 3. The van der Waals surface area contributed by atoms with Gasteiger partial charge in [0.1, 0.15) is 12.2 Å². The molecule has 0 saturated carbocycles. The SMILES string of the molecule is CC1(C)C=CN2C=NC=CC2=N1. The lowest BCUT2D eigenvalue weighted by atomic mass is 10.1. The summed E-state index contributed by atoms with van der Waals surface area (Å²) in [6.07, 6.45) is 9.47. The fourth-order valence-electron chi connectivity index (χ4n) is 1.17. The highest BCUT2D eigenvalue weighted by Crippen LogP contribution is 2.18. The van der Waals surface area contributed by atoms with Crippen LogP contribution in [0.3, 0.4) is 0 Å². The number of hydrogen-bond donors (Lipinski definition) is 0. The highest BCUT2D eigenvalue weighted by molar-refractivity contribution is 6.03. The molecule has 0 aromatic heterocycles. The first-order valence-corrected chi connectivity index (χ1v) is 3.95. The molecule has 0 aromatic rings. The zero-order valence-corrected chi connectivity index (χ0v) is 7.23. The average Bonchev–Trinajstić information content (AvgIpc) is 2.02. The number of amidine groups is 1. The first kappa shape index (κ1) is 7.28. The van der Waals surface area contributed by atoms with Gasteiger partial charge in [0.2, 0.25) is 0 Å². The van der Waals surface area contributed by atoms with Crippen molar-refractivity contribution in [3.05, 3.63) is 24.6 Å². The van der Waals surface area contributed by atoms with Gasteiger partial charge in [-0.25, -0.2) is 4.99 Å². The highest BCUT2D eigenvalue weighted by atomic mass is 15.2. The molecule has 0 fully saturated rings. The van der Waals surface area contributed by atoms with E-state index in [1.807, 2.05) is 17.2 Å². The zero-order chi connectivity index (χ0) is 8.60. The summed E-state index contributed by atoms with van der Waals surface area (Å²) in [6.45, 7) is 4.15. The van der Waals surface area contributed by atoms with Gasteiger partial charge in [-0.3, -0.25) is 9.89 Å². The quantitative estimate of drug-likeness (QED) is 0.529. The summed E-state index contributed by atoms with van der Waals surface area (Å²) < 4.78 is 0. The topological polar surface area (TPSA) is 28.0 Å². The molecule has 2 heterocycles. The van der Waals surface area contributed by atoms with Crippen LogP contribution in [0.2, 0.25) is 0 Å². The normalized spacial score (nSPS) is 23.8. The third-order valence-electron chi connectivity index (χ3n) is 1.81. The van der Waals surface area contributed by atoms with E-state index in [0.717, 1.165) is 5.84 Å². The summed E-state index contributed by atoms with van der Waals surface area (Å²) in [5.41, 5.74) is -0.0820. The maximum Gasteiger partial charge on any atom is 0.135 e. The van der Waals surface area contributed by atoms with E-state index >= 15 is 0 Å². The number of rotatable bonds is 0. The van der Waals surface area contributed by atoms with Crippen LogP contribution in [0, 0.1) is 0 Å². The molecule has 0 amide bonds. The molecule has 12 heavy (non-hydrogen) atoms. The van der Waals surface area contributed by atoms with Crippen molar-refractivity contribution >= 4 is 12.2 Å². The summed E-state index contributed by atoms with van der Waals surface area (Å²) >= 11 is 0. The van der Waals surface area contributed by atoms with Gasteiger partial charge in [-0.2, -0.15) is 0 Å². The molecule has 0 aliphatic carbocycles. The van der Waals surface area contributed by atoms with Crippen LogP contribution in [0.4, 0.5) is 0 Å². The van der Waals surface area contributed by atoms with Crippen molar-refractivity contribution in [3.8, 4) is 0 Å². The summed E-state index contributed by atoms with van der Waals surface area (Å²) in [7, 11) is 0. The van der Waals surface area contributed by atoms with Crippen LogP contribution in [0.1, 0.15) is 13.8 Å². The van der Waals surface area contributed by atoms with Gasteiger partial charge in [-0.05, 0) is 26.0 Å². The fourth-order valence-corrected chi connectivity index (χ4v) is 1.17. The van der Waals surface area contributed by atoms with Crippen LogP contribution >= 0.6 is 0 Å². The summed E-state index contributed by atoms with van der Waals surface area (Å²) in [5.74, 6) is 0.956. The van der Waals surface area contributed by atoms with Crippen molar-refractivity contribution < 1.29 is 0 Å². The molecule has 0 bridgehead atoms. The van der Waals surface area contributed by atoms with Crippen molar-refractivity contribution in [2.45, 2.75) is 19.4 Å². The molecule has 0 saturated heterocycles. The minimum Gasteiger partial charge on any atom is -0.293 e. The van der Waals surface area contributed by atoms with E-state index < -0.39 is 0 Å². The molecule has 0 radical (unpaired) electrons. The van der Waals surface area contributed by atoms with Crippen molar-refractivity contribution in [1.29, 1.82) is 0 Å². The third-order valence-corrected chi connectivity index (χ3v) is 1.81. The van der Waals surface area contributed by atoms with E-state index in [2.05, 4.69) is 29.9 Å². The Bertz CT molecular complexity index is 308. The minimum atomic E-state index is -0.0820. The molecule has 3 heteroatoms. The van der Waals surface area contributed by atoms with Crippen LogP contribution in [-0.4, -0.2) is 22.6 Å². The van der Waals surface area contributed by atoms with Crippen LogP contribution in [0.5, 0.6) is 0 Å². The Morgan fingerprint density at radius 1 is 1.42 bits per heavy atom. The Morgan fingerprint density at radius 2 is 2.25 bits per heavy atom. The van der Waals surface area contributed by atoms with Crippen molar-refractivity contribution in [2.75, 3.05) is 0 Å². The second-order valence-electron chi connectivity index (χ2n) is 3.43. The Kier molecular flexibility index (Phi) is 1.40. The molecule has 2 rings (SSSR count). The van der Waals surface area contributed by atoms with Gasteiger partial charge >= 0.3 is 0 Å². The van der Waals surface area contributed by atoms with Crippen LogP contribution < -0.4 is 0 Å². The van der Waals surface area contributed by atoms with Crippen LogP contribution in [-0.2, 0) is 0 Å². The molecule has 0 aromatic carbocycles. The monoisotopic (exact) mass is 161 g/mol. The molecule has 62 valence electrons. The third kappa shape index (κ3) is 1.18. The van der Waals surface area contributed by atoms with Gasteiger partial charge < -0.3 is 0 Å². The van der Waals surface area contributed by atoms with E-state index in [1.165, 1.54) is 0 Å². The van der Waals surface area contributed by atoms with Crippen molar-refractivity contribution in [2.24, 2.45) is 9.98 Å². The first-order chi connectivity index (χ1) is 5.67. The van der Waals surface area contributed by atoms with E-state index in [1.54, 1.807) is 12.5 Å². The van der Waals surface area contributed by atoms with Crippen LogP contribution in [0.15, 0.2) is 34.5 Å². The summed E-state index contributed by atoms with van der Waals surface area (Å²) in [4.78, 5) is 10.4. The number of hydrogen-bond acceptors (Lipinski definition) is 3. The molecular formula is C9H11N3. The average molecular weight is 161 g/mol. The Balaban J connectivity index is 2.36. The molecule has 3 nitrogen and oxygen atoms in total.